The molecule has 0 amide bonds. The van der Waals surface area contributed by atoms with E-state index >= 15 is 0 Å². The third-order valence-electron chi connectivity index (χ3n) is 7.10. The topological polar surface area (TPSA) is 72.0 Å². The molecular formula is C27H39N5O3. The second-order valence-corrected chi connectivity index (χ2v) is 9.87. The Morgan fingerprint density at radius 3 is 2.80 bits per heavy atom. The average molecular weight is 482 g/mol. The smallest absolute Gasteiger partial charge is 0.229 e. The van der Waals surface area contributed by atoms with Gasteiger partial charge in [0, 0.05) is 50.3 Å². The number of piperidine rings is 1. The lowest BCUT2D eigenvalue weighted by atomic mass is 9.99. The molecule has 0 aliphatic carbocycles. The van der Waals surface area contributed by atoms with E-state index < -0.39 is 0 Å². The number of ether oxygens (including phenoxy) is 3. The van der Waals surface area contributed by atoms with Crippen molar-refractivity contribution in [3.63, 3.8) is 0 Å². The third kappa shape index (κ3) is 7.06. The molecule has 1 atom stereocenters. The van der Waals surface area contributed by atoms with Gasteiger partial charge in [-0.2, -0.15) is 4.98 Å². The largest absolute Gasteiger partial charge is 0.492 e. The van der Waals surface area contributed by atoms with Crippen molar-refractivity contribution in [1.82, 2.24) is 14.9 Å². The predicted octanol–water partition coefficient (Wildman–Crippen LogP) is 4.24. The molecule has 1 unspecified atom stereocenters. The van der Waals surface area contributed by atoms with Crippen molar-refractivity contribution < 1.29 is 14.2 Å². The zero-order chi connectivity index (χ0) is 23.7. The van der Waals surface area contributed by atoms with Crippen LogP contribution in [0.1, 0.15) is 44.1 Å². The minimum absolute atomic E-state index is 0.520. The van der Waals surface area contributed by atoms with Crippen molar-refractivity contribution >= 4 is 17.5 Å². The van der Waals surface area contributed by atoms with Gasteiger partial charge in [0.05, 0.1) is 13.2 Å². The number of aromatic nitrogens is 2. The number of hydrogen-bond donors (Lipinski definition) is 1. The van der Waals surface area contributed by atoms with Crippen LogP contribution in [0.4, 0.5) is 17.5 Å². The lowest BCUT2D eigenvalue weighted by molar-refractivity contribution is 0.0756. The van der Waals surface area contributed by atoms with E-state index in [4.69, 9.17) is 19.2 Å². The SMILES string of the molecule is c1cc2nc(n1)Nc1ccc(OCCN3CCCC3)c(c1)COCCCCOCC1CCCN2C1. The molecule has 2 aromatic rings. The summed E-state index contributed by atoms with van der Waals surface area (Å²) in [4.78, 5) is 14.1. The fraction of sp³-hybridized carbons (Fsp3) is 0.630. The Kier molecular flexibility index (Phi) is 8.68. The molecule has 190 valence electrons. The molecule has 1 N–H and O–H groups in total. The highest BCUT2D eigenvalue weighted by Gasteiger charge is 2.22. The number of benzene rings is 1. The van der Waals surface area contributed by atoms with E-state index in [-0.39, 0.29) is 0 Å². The minimum Gasteiger partial charge on any atom is -0.492 e. The Morgan fingerprint density at radius 1 is 1.00 bits per heavy atom. The molecule has 3 aliphatic rings. The quantitative estimate of drug-likeness (QED) is 0.695. The van der Waals surface area contributed by atoms with Gasteiger partial charge in [-0.1, -0.05) is 0 Å². The van der Waals surface area contributed by atoms with Crippen LogP contribution in [0.5, 0.6) is 5.75 Å². The van der Waals surface area contributed by atoms with E-state index in [2.05, 4.69) is 26.2 Å². The summed E-state index contributed by atoms with van der Waals surface area (Å²) in [5, 5.41) is 3.40. The maximum absolute atomic E-state index is 6.20. The zero-order valence-electron chi connectivity index (χ0n) is 20.8. The van der Waals surface area contributed by atoms with Crippen LogP contribution < -0.4 is 15.0 Å². The van der Waals surface area contributed by atoms with Crippen molar-refractivity contribution in [3.8, 4) is 5.75 Å². The van der Waals surface area contributed by atoms with Crippen molar-refractivity contribution in [2.75, 3.05) is 69.4 Å². The molecule has 2 fully saturated rings. The molecule has 0 spiro atoms. The standard InChI is InChI=1S/C27H39N5O3/c1-2-12-31(11-1)14-17-35-25-8-7-24-18-23(25)21-34-16-4-3-15-33-20-22-6-5-13-32(19-22)26-9-10-28-27(29-24)30-26/h7-10,18,22H,1-6,11-17,19-21H2,(H,28,29,30). The first-order valence-corrected chi connectivity index (χ1v) is 13.3. The molecule has 6 bridgehead atoms. The molecule has 1 aromatic heterocycles. The normalized spacial score (nSPS) is 22.2. The van der Waals surface area contributed by atoms with Crippen LogP contribution in [0.2, 0.25) is 0 Å². The summed E-state index contributed by atoms with van der Waals surface area (Å²) in [7, 11) is 0. The minimum atomic E-state index is 0.520. The Balaban J connectivity index is 1.31. The molecule has 1 aromatic carbocycles. The van der Waals surface area contributed by atoms with Crippen LogP contribution in [0.3, 0.4) is 0 Å². The maximum Gasteiger partial charge on any atom is 0.229 e. The van der Waals surface area contributed by atoms with Gasteiger partial charge in [0.15, 0.2) is 0 Å². The predicted molar refractivity (Wildman–Crippen MR) is 138 cm³/mol. The fourth-order valence-corrected chi connectivity index (χ4v) is 5.17. The van der Waals surface area contributed by atoms with Crippen LogP contribution >= 0.6 is 0 Å². The first-order chi connectivity index (χ1) is 17.3. The summed E-state index contributed by atoms with van der Waals surface area (Å²) < 4.78 is 18.2. The van der Waals surface area contributed by atoms with E-state index in [1.54, 1.807) is 0 Å². The second kappa shape index (κ2) is 12.5. The first kappa shape index (κ1) is 24.3. The lowest BCUT2D eigenvalue weighted by Gasteiger charge is -2.33. The van der Waals surface area contributed by atoms with Crippen LogP contribution in [0.15, 0.2) is 30.5 Å². The number of fused-ring (bicyclic) bond motifs is 7. The van der Waals surface area contributed by atoms with Gasteiger partial charge in [0.25, 0.3) is 0 Å². The van der Waals surface area contributed by atoms with Crippen LogP contribution in [-0.4, -0.2) is 74.0 Å². The van der Waals surface area contributed by atoms with Gasteiger partial charge in [0.2, 0.25) is 5.95 Å². The van der Waals surface area contributed by atoms with E-state index in [0.29, 0.717) is 25.1 Å². The van der Waals surface area contributed by atoms with Gasteiger partial charge in [-0.25, -0.2) is 4.98 Å². The van der Waals surface area contributed by atoms with Crippen LogP contribution in [0, 0.1) is 5.92 Å². The molecule has 2 saturated heterocycles. The second-order valence-electron chi connectivity index (χ2n) is 9.87. The average Bonchev–Trinajstić information content (AvgIpc) is 3.40. The molecule has 8 heteroatoms. The van der Waals surface area contributed by atoms with Gasteiger partial charge in [0.1, 0.15) is 18.2 Å². The van der Waals surface area contributed by atoms with E-state index in [0.717, 1.165) is 81.5 Å². The number of likely N-dealkylation sites (tertiary alicyclic amines) is 1. The van der Waals surface area contributed by atoms with Crippen molar-refractivity contribution in [2.45, 2.75) is 45.1 Å². The van der Waals surface area contributed by atoms with Crippen molar-refractivity contribution in [3.05, 3.63) is 36.0 Å². The highest BCUT2D eigenvalue weighted by Crippen LogP contribution is 2.27. The first-order valence-electron chi connectivity index (χ1n) is 13.3. The van der Waals surface area contributed by atoms with E-state index in [1.165, 1.54) is 32.4 Å². The van der Waals surface area contributed by atoms with Crippen LogP contribution in [-0.2, 0) is 16.1 Å². The van der Waals surface area contributed by atoms with E-state index in [9.17, 15) is 0 Å². The molecular weight excluding hydrogens is 442 g/mol. The van der Waals surface area contributed by atoms with Gasteiger partial charge in [-0.05, 0) is 81.8 Å². The monoisotopic (exact) mass is 481 g/mol. The Hall–Kier alpha value is -2.42. The fourth-order valence-electron chi connectivity index (χ4n) is 5.17. The van der Waals surface area contributed by atoms with Gasteiger partial charge in [-0.3, -0.25) is 4.90 Å². The molecule has 3 aliphatic heterocycles. The molecule has 0 saturated carbocycles. The van der Waals surface area contributed by atoms with Crippen molar-refractivity contribution in [2.24, 2.45) is 5.92 Å². The van der Waals surface area contributed by atoms with Crippen molar-refractivity contribution in [1.29, 1.82) is 0 Å². The number of nitrogens with zero attached hydrogens (tertiary/aromatic N) is 4. The molecule has 8 nitrogen and oxygen atoms in total. The Morgan fingerprint density at radius 2 is 1.89 bits per heavy atom. The highest BCUT2D eigenvalue weighted by molar-refractivity contribution is 5.58. The summed E-state index contributed by atoms with van der Waals surface area (Å²) in [5.41, 5.74) is 1.99. The van der Waals surface area contributed by atoms with Gasteiger partial charge >= 0.3 is 0 Å². The van der Waals surface area contributed by atoms with Crippen LogP contribution in [0.25, 0.3) is 0 Å². The highest BCUT2D eigenvalue weighted by atomic mass is 16.5. The van der Waals surface area contributed by atoms with Gasteiger partial charge < -0.3 is 24.4 Å². The molecule has 4 heterocycles. The molecule has 5 rings (SSSR count). The summed E-state index contributed by atoms with van der Waals surface area (Å²) in [5.74, 6) is 3.02. The molecule has 35 heavy (non-hydrogen) atoms. The van der Waals surface area contributed by atoms with E-state index in [1.807, 2.05) is 24.4 Å². The summed E-state index contributed by atoms with van der Waals surface area (Å²) in [6.45, 7) is 8.88. The number of rotatable bonds is 4. The number of nitrogens with one attached hydrogen (secondary N) is 1. The third-order valence-corrected chi connectivity index (χ3v) is 7.10. The lowest BCUT2D eigenvalue weighted by Crippen LogP contribution is -2.37. The Bertz CT molecular complexity index is 937. The summed E-state index contributed by atoms with van der Waals surface area (Å²) in [6, 6.07) is 8.18. The summed E-state index contributed by atoms with van der Waals surface area (Å²) >= 11 is 0. The van der Waals surface area contributed by atoms with Gasteiger partial charge in [-0.15, -0.1) is 0 Å². The molecule has 0 radical (unpaired) electrons. The number of anilines is 3. The maximum atomic E-state index is 6.20. The zero-order valence-corrected chi connectivity index (χ0v) is 20.8. The Labute approximate surface area is 209 Å². The number of hydrogen-bond acceptors (Lipinski definition) is 8. The summed E-state index contributed by atoms with van der Waals surface area (Å²) in [6.07, 6.45) is 8.83.